The van der Waals surface area contributed by atoms with E-state index in [4.69, 9.17) is 24.1 Å². The van der Waals surface area contributed by atoms with Crippen molar-refractivity contribution in [2.24, 2.45) is 0 Å². The molecule has 1 amide bonds. The number of benzene rings is 2. The van der Waals surface area contributed by atoms with Crippen LogP contribution in [0.5, 0.6) is 23.0 Å². The zero-order valence-corrected chi connectivity index (χ0v) is 16.2. The first-order valence-electron chi connectivity index (χ1n) is 8.42. The SMILES string of the molecule is COc1cc(CC(=O)Nc2ccc(OCC(=O)O)cc2C)cc(OC)c1OC. The molecule has 2 rings (SSSR count). The van der Waals surface area contributed by atoms with Gasteiger partial charge in [-0.2, -0.15) is 0 Å². The average molecular weight is 389 g/mol. The zero-order valence-electron chi connectivity index (χ0n) is 16.2. The Labute approximate surface area is 163 Å². The molecule has 150 valence electrons. The van der Waals surface area contributed by atoms with Gasteiger partial charge in [0.1, 0.15) is 5.75 Å². The maximum Gasteiger partial charge on any atom is 0.341 e. The van der Waals surface area contributed by atoms with E-state index in [1.54, 1.807) is 37.3 Å². The predicted octanol–water partition coefficient (Wildman–Crippen LogP) is 2.67. The number of ether oxygens (including phenoxy) is 4. The second kappa shape index (κ2) is 9.50. The molecule has 0 fully saturated rings. The summed E-state index contributed by atoms with van der Waals surface area (Å²) in [6, 6.07) is 8.37. The van der Waals surface area contributed by atoms with Crippen LogP contribution >= 0.6 is 0 Å². The largest absolute Gasteiger partial charge is 0.493 e. The monoisotopic (exact) mass is 389 g/mol. The van der Waals surface area contributed by atoms with Crippen molar-refractivity contribution in [3.8, 4) is 23.0 Å². The van der Waals surface area contributed by atoms with E-state index in [0.717, 1.165) is 5.56 Å². The van der Waals surface area contributed by atoms with Gasteiger partial charge in [-0.25, -0.2) is 4.79 Å². The minimum absolute atomic E-state index is 0.105. The fourth-order valence-electron chi connectivity index (χ4n) is 2.63. The fourth-order valence-corrected chi connectivity index (χ4v) is 2.63. The second-order valence-electron chi connectivity index (χ2n) is 5.92. The van der Waals surface area contributed by atoms with Crippen LogP contribution in [-0.4, -0.2) is 44.9 Å². The molecule has 0 atom stereocenters. The number of carboxylic acid groups (broad SMARTS) is 1. The van der Waals surface area contributed by atoms with Gasteiger partial charge in [-0.1, -0.05) is 0 Å². The van der Waals surface area contributed by atoms with E-state index in [9.17, 15) is 9.59 Å². The number of nitrogens with one attached hydrogen (secondary N) is 1. The average Bonchev–Trinajstić information content (AvgIpc) is 2.67. The summed E-state index contributed by atoms with van der Waals surface area (Å²) in [4.78, 5) is 23.0. The van der Waals surface area contributed by atoms with Crippen LogP contribution in [0.4, 0.5) is 5.69 Å². The third-order valence-electron chi connectivity index (χ3n) is 3.92. The lowest BCUT2D eigenvalue weighted by atomic mass is 10.1. The highest BCUT2D eigenvalue weighted by molar-refractivity contribution is 5.93. The van der Waals surface area contributed by atoms with Crippen LogP contribution in [0, 0.1) is 6.92 Å². The molecule has 0 saturated carbocycles. The van der Waals surface area contributed by atoms with Crippen LogP contribution in [0.3, 0.4) is 0 Å². The molecule has 0 heterocycles. The molecule has 0 saturated heterocycles. The molecule has 0 spiro atoms. The molecule has 8 nitrogen and oxygen atoms in total. The number of aryl methyl sites for hydroxylation is 1. The van der Waals surface area contributed by atoms with Crippen LogP contribution < -0.4 is 24.3 Å². The molecule has 28 heavy (non-hydrogen) atoms. The van der Waals surface area contributed by atoms with Gasteiger partial charge in [-0.15, -0.1) is 0 Å². The van der Waals surface area contributed by atoms with Gasteiger partial charge >= 0.3 is 5.97 Å². The molecule has 0 aliphatic carbocycles. The Kier molecular flexibility index (Phi) is 7.08. The summed E-state index contributed by atoms with van der Waals surface area (Å²) in [6.45, 7) is 1.37. The molecule has 2 N–H and O–H groups in total. The normalized spacial score (nSPS) is 10.1. The summed E-state index contributed by atoms with van der Waals surface area (Å²) in [5.41, 5.74) is 2.06. The van der Waals surface area contributed by atoms with E-state index in [-0.39, 0.29) is 12.3 Å². The van der Waals surface area contributed by atoms with Gasteiger partial charge in [-0.3, -0.25) is 4.79 Å². The van der Waals surface area contributed by atoms with E-state index in [2.05, 4.69) is 5.32 Å². The van der Waals surface area contributed by atoms with Gasteiger partial charge in [0.2, 0.25) is 11.7 Å². The second-order valence-corrected chi connectivity index (χ2v) is 5.92. The van der Waals surface area contributed by atoms with E-state index >= 15 is 0 Å². The summed E-state index contributed by atoms with van der Waals surface area (Å²) in [6.07, 6.45) is 0.105. The van der Waals surface area contributed by atoms with Gasteiger partial charge < -0.3 is 29.4 Å². The molecule has 8 heteroatoms. The summed E-state index contributed by atoms with van der Waals surface area (Å²) < 4.78 is 21.0. The van der Waals surface area contributed by atoms with Crippen molar-refractivity contribution in [2.45, 2.75) is 13.3 Å². The van der Waals surface area contributed by atoms with Crippen molar-refractivity contribution in [1.82, 2.24) is 0 Å². The van der Waals surface area contributed by atoms with Crippen molar-refractivity contribution in [1.29, 1.82) is 0 Å². The Morgan fingerprint density at radius 3 is 2.14 bits per heavy atom. The molecule has 2 aromatic rings. The molecule has 0 bridgehead atoms. The fraction of sp³-hybridized carbons (Fsp3) is 0.300. The highest BCUT2D eigenvalue weighted by atomic mass is 16.5. The van der Waals surface area contributed by atoms with Gasteiger partial charge in [0.15, 0.2) is 18.1 Å². The maximum atomic E-state index is 12.5. The summed E-state index contributed by atoms with van der Waals surface area (Å²) >= 11 is 0. The van der Waals surface area contributed by atoms with E-state index in [1.807, 2.05) is 0 Å². The van der Waals surface area contributed by atoms with Crippen molar-refractivity contribution < 1.29 is 33.6 Å². The Hall–Kier alpha value is -3.42. The highest BCUT2D eigenvalue weighted by Gasteiger charge is 2.15. The standard InChI is InChI=1S/C20H23NO7/c1-12-7-14(28-11-19(23)24)5-6-15(12)21-18(22)10-13-8-16(25-2)20(27-4)17(9-13)26-3/h5-9H,10-11H2,1-4H3,(H,21,22)(H,23,24). The van der Waals surface area contributed by atoms with E-state index in [0.29, 0.717) is 34.2 Å². The van der Waals surface area contributed by atoms with E-state index in [1.165, 1.54) is 21.3 Å². The number of rotatable bonds is 9. The summed E-state index contributed by atoms with van der Waals surface area (Å²) in [7, 11) is 4.54. The van der Waals surface area contributed by atoms with Crippen LogP contribution in [0.1, 0.15) is 11.1 Å². The molecule has 2 aromatic carbocycles. The number of carbonyl (C=O) groups is 2. The Morgan fingerprint density at radius 2 is 1.64 bits per heavy atom. The van der Waals surface area contributed by atoms with Gasteiger partial charge in [0.05, 0.1) is 27.8 Å². The van der Waals surface area contributed by atoms with Crippen molar-refractivity contribution in [3.63, 3.8) is 0 Å². The van der Waals surface area contributed by atoms with E-state index < -0.39 is 12.6 Å². The maximum absolute atomic E-state index is 12.5. The van der Waals surface area contributed by atoms with Crippen LogP contribution in [0.15, 0.2) is 30.3 Å². The molecule has 0 aliphatic rings. The Balaban J connectivity index is 2.11. The lowest BCUT2D eigenvalue weighted by molar-refractivity contribution is -0.139. The number of methoxy groups -OCH3 is 3. The highest BCUT2D eigenvalue weighted by Crippen LogP contribution is 2.38. The lowest BCUT2D eigenvalue weighted by Gasteiger charge is -2.14. The number of aliphatic carboxylic acids is 1. The minimum atomic E-state index is -1.06. The third kappa shape index (κ3) is 5.29. The topological polar surface area (TPSA) is 103 Å². The summed E-state index contributed by atoms with van der Waals surface area (Å²) in [5.74, 6) is 0.544. The first-order valence-corrected chi connectivity index (χ1v) is 8.42. The first-order chi connectivity index (χ1) is 13.4. The molecular formula is C20H23NO7. The van der Waals surface area contributed by atoms with Gasteiger partial charge in [0, 0.05) is 5.69 Å². The minimum Gasteiger partial charge on any atom is -0.493 e. The molecule has 0 unspecified atom stereocenters. The van der Waals surface area contributed by atoms with Gasteiger partial charge in [0.25, 0.3) is 0 Å². The number of hydrogen-bond donors (Lipinski definition) is 2. The van der Waals surface area contributed by atoms with Gasteiger partial charge in [-0.05, 0) is 48.4 Å². The first kappa shape index (κ1) is 20.9. The molecule has 0 radical (unpaired) electrons. The molecular weight excluding hydrogens is 366 g/mol. The quantitative estimate of drug-likeness (QED) is 0.679. The molecule has 0 aromatic heterocycles. The molecule has 0 aliphatic heterocycles. The van der Waals surface area contributed by atoms with Crippen molar-refractivity contribution in [3.05, 3.63) is 41.5 Å². The third-order valence-corrected chi connectivity index (χ3v) is 3.92. The smallest absolute Gasteiger partial charge is 0.341 e. The van der Waals surface area contributed by atoms with Crippen molar-refractivity contribution >= 4 is 17.6 Å². The van der Waals surface area contributed by atoms with Crippen LogP contribution in [0.2, 0.25) is 0 Å². The summed E-state index contributed by atoms with van der Waals surface area (Å²) in [5, 5.41) is 11.5. The zero-order chi connectivity index (χ0) is 20.7. The number of carbonyl (C=O) groups excluding carboxylic acids is 1. The lowest BCUT2D eigenvalue weighted by Crippen LogP contribution is -2.15. The number of anilines is 1. The number of carboxylic acids is 1. The van der Waals surface area contributed by atoms with Crippen LogP contribution in [0.25, 0.3) is 0 Å². The van der Waals surface area contributed by atoms with Crippen LogP contribution in [-0.2, 0) is 16.0 Å². The predicted molar refractivity (Wildman–Crippen MR) is 103 cm³/mol. The van der Waals surface area contributed by atoms with Crippen molar-refractivity contribution in [2.75, 3.05) is 33.3 Å². The number of hydrogen-bond acceptors (Lipinski definition) is 6. The Bertz CT molecular complexity index is 839. The Morgan fingerprint density at radius 1 is 1.00 bits per heavy atom. The number of amides is 1.